The molecule has 2 bridgehead atoms. The number of aromatic nitrogens is 4. The van der Waals surface area contributed by atoms with Gasteiger partial charge in [0.1, 0.15) is 5.52 Å². The molecule has 5 atom stereocenters. The zero-order valence-electron chi connectivity index (χ0n) is 29.1. The zero-order chi connectivity index (χ0) is 37.6. The molecule has 10 rings (SSSR count). The first kappa shape index (κ1) is 35.5. The third-order valence-electron chi connectivity index (χ3n) is 11.6. The number of amides is 1. The number of aryl methyl sites for hydroxylation is 2. The first-order valence-corrected chi connectivity index (χ1v) is 18.9. The Morgan fingerprint density at radius 3 is 2.67 bits per heavy atom. The van der Waals surface area contributed by atoms with Gasteiger partial charge in [-0.05, 0) is 62.3 Å². The van der Waals surface area contributed by atoms with Gasteiger partial charge in [-0.3, -0.25) is 4.79 Å². The summed E-state index contributed by atoms with van der Waals surface area (Å²) in [5.74, 6) is -0.262. The first-order valence-electron chi connectivity index (χ1n) is 18.2. The number of alkyl halides is 3. The summed E-state index contributed by atoms with van der Waals surface area (Å²) in [6.45, 7) is 2.89. The van der Waals surface area contributed by atoms with Crippen LogP contribution in [0, 0.1) is 35.9 Å². The Morgan fingerprint density at radius 2 is 1.98 bits per heavy atom. The topological polar surface area (TPSA) is 101 Å². The normalized spacial score (nSPS) is 23.7. The van der Waals surface area contributed by atoms with Crippen LogP contribution in [0.2, 0.25) is 10.0 Å². The molecule has 15 heteroatoms. The molecule has 2 aromatic carbocycles. The van der Waals surface area contributed by atoms with E-state index in [1.165, 1.54) is 0 Å². The molecule has 9 nitrogen and oxygen atoms in total. The number of benzene rings is 2. The maximum Gasteiger partial charge on any atom is 0.504 e. The van der Waals surface area contributed by atoms with E-state index in [9.17, 15) is 23.2 Å². The van der Waals surface area contributed by atoms with Gasteiger partial charge >= 0.3 is 6.30 Å². The second kappa shape index (κ2) is 13.2. The highest BCUT2D eigenvalue weighted by Crippen LogP contribution is 2.51. The minimum atomic E-state index is -4.63. The maximum atomic E-state index is 17.2. The summed E-state index contributed by atoms with van der Waals surface area (Å²) in [7, 11) is 0. The number of rotatable bonds is 9. The second-order valence-corrected chi connectivity index (χ2v) is 15.8. The van der Waals surface area contributed by atoms with Gasteiger partial charge in [0.15, 0.2) is 5.82 Å². The molecule has 5 aliphatic rings. The van der Waals surface area contributed by atoms with Crippen molar-refractivity contribution >= 4 is 50.9 Å². The van der Waals surface area contributed by atoms with Crippen molar-refractivity contribution in [1.29, 1.82) is 5.26 Å². The van der Waals surface area contributed by atoms with Crippen molar-refractivity contribution in [2.45, 2.75) is 82.6 Å². The molecule has 2 saturated carbocycles. The summed E-state index contributed by atoms with van der Waals surface area (Å²) in [6.07, 6.45) is 0.448. The zero-order valence-corrected chi connectivity index (χ0v) is 30.6. The number of hydrogen-bond acceptors (Lipinski definition) is 6. The van der Waals surface area contributed by atoms with E-state index >= 15 is 4.39 Å². The fraction of sp³-hybridized carbons (Fsp3) is 0.436. The number of hydrogen-bond donors (Lipinski definition) is 1. The van der Waals surface area contributed by atoms with E-state index in [-0.39, 0.29) is 74.7 Å². The monoisotopic (exact) mass is 779 g/mol. The number of halogens is 6. The molecule has 1 amide bonds. The van der Waals surface area contributed by atoms with Crippen molar-refractivity contribution in [2.24, 2.45) is 11.8 Å². The average Bonchev–Trinajstić information content (AvgIpc) is 3.62. The van der Waals surface area contributed by atoms with Gasteiger partial charge in [0, 0.05) is 82.9 Å². The molecule has 0 unspecified atom stereocenters. The summed E-state index contributed by atoms with van der Waals surface area (Å²) in [6, 6.07) is 11.1. The molecule has 54 heavy (non-hydrogen) atoms. The van der Waals surface area contributed by atoms with E-state index in [0.717, 1.165) is 54.8 Å². The minimum Gasteiger partial charge on any atom is -0.371 e. The predicted octanol–water partition coefficient (Wildman–Crippen LogP) is 8.54. The largest absolute Gasteiger partial charge is 0.504 e. The molecular weight excluding hydrogens is 745 g/mol. The minimum absolute atomic E-state index is 0.0371. The molecule has 0 radical (unpaired) electrons. The summed E-state index contributed by atoms with van der Waals surface area (Å²) < 4.78 is 65.2. The van der Waals surface area contributed by atoms with Gasteiger partial charge in [-0.15, -0.1) is 13.2 Å². The fourth-order valence-corrected chi connectivity index (χ4v) is 9.29. The van der Waals surface area contributed by atoms with E-state index in [4.69, 9.17) is 32.9 Å². The second-order valence-electron chi connectivity index (χ2n) is 15.0. The van der Waals surface area contributed by atoms with Crippen LogP contribution in [0.5, 0.6) is 0 Å². The third-order valence-corrected chi connectivity index (χ3v) is 12.4. The lowest BCUT2D eigenvalue weighted by Crippen LogP contribution is -2.41. The molecule has 5 aromatic rings. The predicted molar refractivity (Wildman–Crippen MR) is 194 cm³/mol. The Hall–Kier alpha value is -4.22. The molecule has 6 heterocycles. The van der Waals surface area contributed by atoms with Gasteiger partial charge in [-0.2, -0.15) is 15.0 Å². The highest BCUT2D eigenvalue weighted by molar-refractivity contribution is 6.43. The molecule has 0 spiro atoms. The summed E-state index contributed by atoms with van der Waals surface area (Å²) in [4.78, 5) is 20.7. The molecule has 3 saturated heterocycles. The highest BCUT2D eigenvalue weighted by atomic mass is 35.5. The Labute approximate surface area is 317 Å². The molecular formula is C39H35Cl2F4N7O2. The number of likely N-dealkylation sites (tertiary alicyclic amines) is 1. The van der Waals surface area contributed by atoms with Crippen LogP contribution < -0.4 is 5.32 Å². The summed E-state index contributed by atoms with van der Waals surface area (Å²) in [5.41, 5.74) is 4.09. The van der Waals surface area contributed by atoms with E-state index in [1.807, 2.05) is 17.9 Å². The molecule has 3 aromatic heterocycles. The molecule has 3 aliphatic heterocycles. The summed E-state index contributed by atoms with van der Waals surface area (Å²) >= 11 is 13.1. The van der Waals surface area contributed by atoms with Crippen LogP contribution in [-0.2, 0) is 28.9 Å². The Kier molecular flexibility index (Phi) is 8.69. The van der Waals surface area contributed by atoms with Gasteiger partial charge in [0.05, 0.1) is 52.6 Å². The van der Waals surface area contributed by atoms with E-state index < -0.39 is 24.3 Å². The lowest BCUT2D eigenvalue weighted by atomic mass is 9.79. The van der Waals surface area contributed by atoms with Crippen LogP contribution >= 0.6 is 23.2 Å². The van der Waals surface area contributed by atoms with Gasteiger partial charge in [0.2, 0.25) is 5.91 Å². The molecule has 5 fully saturated rings. The quantitative estimate of drug-likeness (QED) is 0.151. The Bertz CT molecular complexity index is 2370. The van der Waals surface area contributed by atoms with Crippen LogP contribution in [0.25, 0.3) is 32.9 Å². The van der Waals surface area contributed by atoms with Gasteiger partial charge in [-0.25, -0.2) is 9.37 Å². The molecule has 280 valence electrons. The van der Waals surface area contributed by atoms with Crippen LogP contribution in [0.3, 0.4) is 0 Å². The number of pyridine rings is 1. The smallest absolute Gasteiger partial charge is 0.371 e. The number of fused-ring (bicyclic) bond motifs is 4. The van der Waals surface area contributed by atoms with Crippen LogP contribution in [0.4, 0.5) is 17.6 Å². The van der Waals surface area contributed by atoms with Crippen LogP contribution in [0.15, 0.2) is 42.7 Å². The van der Waals surface area contributed by atoms with Crippen molar-refractivity contribution in [3.05, 3.63) is 81.1 Å². The van der Waals surface area contributed by atoms with Gasteiger partial charge in [0.25, 0.3) is 0 Å². The number of carbonyl (C=O) groups is 1. The van der Waals surface area contributed by atoms with Crippen molar-refractivity contribution in [2.75, 3.05) is 13.1 Å². The van der Waals surface area contributed by atoms with Crippen molar-refractivity contribution in [3.8, 4) is 17.2 Å². The van der Waals surface area contributed by atoms with Crippen LogP contribution in [-0.4, -0.2) is 55.4 Å². The lowest BCUT2D eigenvalue weighted by molar-refractivity contribution is -0.212. The van der Waals surface area contributed by atoms with Crippen LogP contribution in [0.1, 0.15) is 66.7 Å². The third kappa shape index (κ3) is 5.84. The van der Waals surface area contributed by atoms with Gasteiger partial charge in [-0.1, -0.05) is 35.3 Å². The van der Waals surface area contributed by atoms with E-state index in [2.05, 4.69) is 27.1 Å². The van der Waals surface area contributed by atoms with Crippen molar-refractivity contribution in [3.63, 3.8) is 0 Å². The SMILES string of the molecule is Cc1nc2c(F)c(-c3cccc(Cl)c3Cl)c(CCC#N)cc2c2c1cc([C@H]1C[C@H](OCc3cnn(C(F)(F)F)c3)CN1C(=O)C1CC1)n2[C@H]1[C@H]2CN[C@@H]1C2. The number of carbonyl (C=O) groups excluding carboxylic acids is 1. The summed E-state index contributed by atoms with van der Waals surface area (Å²) in [5, 5.41) is 18.6. The van der Waals surface area contributed by atoms with E-state index in [0.29, 0.717) is 41.1 Å². The number of nitriles is 1. The van der Waals surface area contributed by atoms with Gasteiger partial charge < -0.3 is 19.5 Å². The fourth-order valence-electron chi connectivity index (χ4n) is 8.89. The molecule has 2 aliphatic carbocycles. The number of nitrogens with one attached hydrogen (secondary N) is 1. The molecule has 1 N–H and O–H groups in total. The van der Waals surface area contributed by atoms with Crippen molar-refractivity contribution in [1.82, 2.24) is 29.5 Å². The van der Waals surface area contributed by atoms with Crippen molar-refractivity contribution < 1.29 is 27.1 Å². The number of ether oxygens (including phenoxy) is 1. The Morgan fingerprint density at radius 1 is 1.17 bits per heavy atom. The highest BCUT2D eigenvalue weighted by Gasteiger charge is 2.51. The first-order chi connectivity index (χ1) is 25.9. The average molecular weight is 781 g/mol. The Balaban J connectivity index is 1.19. The van der Waals surface area contributed by atoms with E-state index in [1.54, 1.807) is 18.2 Å². The maximum absolute atomic E-state index is 17.2. The standard InChI is InChI=1S/C39H35Cl2F4N7O2/c1-19-26-13-31(30-12-24(17-50(30)38(53)21-7-8-21)54-18-20-14-48-51(16-20)39(43,44)45)52(36-23-11-29(36)47-15-23)37(26)27-10-22(4-3-9-46)32(34(42)35(27)49-19)25-5-2-6-28(40)33(25)41/h2,5-6,10,13-14,16,21,23-24,29-30,36,47H,3-4,7-8,11-12,15,17-18H2,1H3/t23-,24+,29-,30-,36+/m1/s1. The lowest BCUT2D eigenvalue weighted by Gasteiger charge is -2.39. The number of nitrogens with zero attached hydrogens (tertiary/aromatic N) is 6.